The van der Waals surface area contributed by atoms with Crippen LogP contribution in [0.15, 0.2) is 18.2 Å². The van der Waals surface area contributed by atoms with Crippen molar-refractivity contribution < 1.29 is 27.0 Å². The van der Waals surface area contributed by atoms with Crippen molar-refractivity contribution in [1.82, 2.24) is 0 Å². The molecule has 1 aromatic carbocycles. The number of anilines is 1. The van der Waals surface area contributed by atoms with E-state index in [1.54, 1.807) is 6.07 Å². The number of halogens is 4. The average molecular weight is 267 g/mol. The Bertz CT molecular complexity index is 382. The molecule has 1 rings (SSSR count). The monoisotopic (exact) mass is 267 g/mol. The Morgan fingerprint density at radius 1 is 1.28 bits per heavy atom. The van der Waals surface area contributed by atoms with Crippen LogP contribution in [0.5, 0.6) is 5.75 Å². The van der Waals surface area contributed by atoms with Crippen LogP contribution in [0.25, 0.3) is 0 Å². The van der Waals surface area contributed by atoms with E-state index in [1.807, 2.05) is 0 Å². The highest BCUT2D eigenvalue weighted by atomic mass is 19.4. The average Bonchev–Trinajstić information content (AvgIpc) is 2.27. The fourth-order valence-electron chi connectivity index (χ4n) is 1.23. The molecule has 102 valence electrons. The van der Waals surface area contributed by atoms with Gasteiger partial charge in [0.15, 0.2) is 11.6 Å². The Morgan fingerprint density at radius 3 is 2.56 bits per heavy atom. The first-order valence-electron chi connectivity index (χ1n) is 5.14. The summed E-state index contributed by atoms with van der Waals surface area (Å²) in [6.45, 7) is -1.25. The van der Waals surface area contributed by atoms with Crippen LogP contribution in [0.2, 0.25) is 0 Å². The van der Waals surface area contributed by atoms with E-state index in [9.17, 15) is 17.6 Å². The van der Waals surface area contributed by atoms with Crippen LogP contribution in [0.1, 0.15) is 0 Å². The van der Waals surface area contributed by atoms with Crippen molar-refractivity contribution in [3.63, 3.8) is 0 Å². The van der Waals surface area contributed by atoms with E-state index < -0.39 is 18.6 Å². The summed E-state index contributed by atoms with van der Waals surface area (Å²) < 4.78 is 57.6. The first kappa shape index (κ1) is 14.6. The van der Waals surface area contributed by atoms with Gasteiger partial charge in [0, 0.05) is 18.3 Å². The predicted molar refractivity (Wildman–Crippen MR) is 58.3 cm³/mol. The van der Waals surface area contributed by atoms with Gasteiger partial charge in [-0.25, -0.2) is 4.39 Å². The summed E-state index contributed by atoms with van der Waals surface area (Å²) in [5.74, 6) is -0.437. The van der Waals surface area contributed by atoms with E-state index in [0.717, 1.165) is 0 Å². The minimum absolute atomic E-state index is 0.105. The molecule has 0 aromatic heterocycles. The van der Waals surface area contributed by atoms with Gasteiger partial charge in [-0.1, -0.05) is 0 Å². The lowest BCUT2D eigenvalue weighted by atomic mass is 10.3. The maximum Gasteiger partial charge on any atom is 0.411 e. The molecule has 0 saturated heterocycles. The van der Waals surface area contributed by atoms with Gasteiger partial charge in [0.1, 0.15) is 6.61 Å². The van der Waals surface area contributed by atoms with Crippen molar-refractivity contribution in [2.24, 2.45) is 0 Å². The summed E-state index contributed by atoms with van der Waals surface area (Å²) in [6, 6.07) is 4.18. The maximum atomic E-state index is 13.2. The van der Waals surface area contributed by atoms with Gasteiger partial charge < -0.3 is 14.8 Å². The molecule has 0 bridgehead atoms. The van der Waals surface area contributed by atoms with Gasteiger partial charge in [-0.05, 0) is 12.1 Å². The van der Waals surface area contributed by atoms with Crippen molar-refractivity contribution in [3.8, 4) is 5.75 Å². The van der Waals surface area contributed by atoms with Crippen molar-refractivity contribution in [2.75, 3.05) is 32.2 Å². The molecule has 0 heterocycles. The zero-order valence-electron chi connectivity index (χ0n) is 9.68. The Morgan fingerprint density at radius 2 is 2.00 bits per heavy atom. The number of ether oxygens (including phenoxy) is 2. The molecule has 3 nitrogen and oxygen atoms in total. The highest BCUT2D eigenvalue weighted by Gasteiger charge is 2.27. The summed E-state index contributed by atoms with van der Waals surface area (Å²) in [5, 5.41) is 2.74. The maximum absolute atomic E-state index is 13.2. The number of rotatable bonds is 6. The second-order valence-electron chi connectivity index (χ2n) is 3.44. The Hall–Kier alpha value is -1.50. The Kier molecular flexibility index (Phi) is 5.21. The molecule has 0 spiro atoms. The summed E-state index contributed by atoms with van der Waals surface area (Å²) in [5.41, 5.74) is 0.448. The minimum atomic E-state index is -4.33. The normalized spacial score (nSPS) is 11.4. The van der Waals surface area contributed by atoms with Gasteiger partial charge in [-0.15, -0.1) is 0 Å². The zero-order valence-corrected chi connectivity index (χ0v) is 9.68. The van der Waals surface area contributed by atoms with Crippen LogP contribution in [0.3, 0.4) is 0 Å². The molecule has 0 fully saturated rings. The number of hydrogen-bond donors (Lipinski definition) is 1. The molecule has 0 radical (unpaired) electrons. The van der Waals surface area contributed by atoms with Crippen LogP contribution < -0.4 is 10.1 Å². The van der Waals surface area contributed by atoms with Gasteiger partial charge in [0.25, 0.3) is 0 Å². The molecule has 18 heavy (non-hydrogen) atoms. The SMILES string of the molecule is COc1ccc(NCCOCC(F)(F)F)cc1F. The van der Waals surface area contributed by atoms with Crippen LogP contribution in [-0.2, 0) is 4.74 Å². The van der Waals surface area contributed by atoms with Crippen LogP contribution in [-0.4, -0.2) is 33.0 Å². The Labute approximate surface area is 102 Å². The van der Waals surface area contributed by atoms with E-state index in [1.165, 1.54) is 19.2 Å². The third-order valence-corrected chi connectivity index (χ3v) is 1.99. The smallest absolute Gasteiger partial charge is 0.411 e. The summed E-state index contributed by atoms with van der Waals surface area (Å²) >= 11 is 0. The fourth-order valence-corrected chi connectivity index (χ4v) is 1.23. The van der Waals surface area contributed by atoms with E-state index in [4.69, 9.17) is 4.74 Å². The first-order valence-corrected chi connectivity index (χ1v) is 5.14. The molecule has 0 saturated carbocycles. The molecular weight excluding hydrogens is 254 g/mol. The lowest BCUT2D eigenvalue weighted by Gasteiger charge is -2.10. The first-order chi connectivity index (χ1) is 8.42. The molecule has 0 atom stereocenters. The minimum Gasteiger partial charge on any atom is -0.494 e. The van der Waals surface area contributed by atoms with E-state index in [2.05, 4.69) is 10.1 Å². The second kappa shape index (κ2) is 6.44. The number of methoxy groups -OCH3 is 1. The standard InChI is InChI=1S/C11H13F4NO2/c1-17-10-3-2-8(6-9(10)12)16-4-5-18-7-11(13,14)15/h2-3,6,16H,4-5,7H2,1H3. The number of nitrogens with one attached hydrogen (secondary N) is 1. The van der Waals surface area contributed by atoms with Crippen LogP contribution in [0.4, 0.5) is 23.2 Å². The largest absolute Gasteiger partial charge is 0.494 e. The summed E-state index contributed by atoms with van der Waals surface area (Å²) in [4.78, 5) is 0. The quantitative estimate of drug-likeness (QED) is 0.635. The summed E-state index contributed by atoms with van der Waals surface area (Å²) in [7, 11) is 1.34. The fraction of sp³-hybridized carbons (Fsp3) is 0.455. The third kappa shape index (κ3) is 5.22. The van der Waals surface area contributed by atoms with Gasteiger partial charge in [0.2, 0.25) is 0 Å². The van der Waals surface area contributed by atoms with Crippen LogP contribution in [0, 0.1) is 5.82 Å². The topological polar surface area (TPSA) is 30.5 Å². The van der Waals surface area contributed by atoms with Gasteiger partial charge in [0.05, 0.1) is 13.7 Å². The molecule has 0 unspecified atom stereocenters. The highest BCUT2D eigenvalue weighted by molar-refractivity contribution is 5.47. The molecule has 7 heteroatoms. The van der Waals surface area contributed by atoms with Crippen LogP contribution >= 0.6 is 0 Å². The molecular formula is C11H13F4NO2. The van der Waals surface area contributed by atoms with E-state index in [-0.39, 0.29) is 18.9 Å². The second-order valence-corrected chi connectivity index (χ2v) is 3.44. The molecule has 0 aliphatic heterocycles. The van der Waals surface area contributed by atoms with Gasteiger partial charge >= 0.3 is 6.18 Å². The predicted octanol–water partition coefficient (Wildman–Crippen LogP) is 2.83. The zero-order chi connectivity index (χ0) is 13.6. The molecule has 1 aromatic rings. The van der Waals surface area contributed by atoms with Gasteiger partial charge in [-0.2, -0.15) is 13.2 Å². The van der Waals surface area contributed by atoms with E-state index in [0.29, 0.717) is 5.69 Å². The van der Waals surface area contributed by atoms with E-state index >= 15 is 0 Å². The number of benzene rings is 1. The lowest BCUT2D eigenvalue weighted by molar-refractivity contribution is -0.172. The summed E-state index contributed by atoms with van der Waals surface area (Å²) in [6.07, 6.45) is -4.33. The number of alkyl halides is 3. The van der Waals surface area contributed by atoms with Gasteiger partial charge in [-0.3, -0.25) is 0 Å². The molecule has 0 aliphatic rings. The number of hydrogen-bond acceptors (Lipinski definition) is 3. The van der Waals surface area contributed by atoms with Crippen molar-refractivity contribution >= 4 is 5.69 Å². The van der Waals surface area contributed by atoms with Crippen molar-refractivity contribution in [3.05, 3.63) is 24.0 Å². The lowest BCUT2D eigenvalue weighted by Crippen LogP contribution is -2.20. The molecule has 1 N–H and O–H groups in total. The van der Waals surface area contributed by atoms with Crippen molar-refractivity contribution in [1.29, 1.82) is 0 Å². The third-order valence-electron chi connectivity index (χ3n) is 1.99. The highest BCUT2D eigenvalue weighted by Crippen LogP contribution is 2.20. The van der Waals surface area contributed by atoms with Crippen molar-refractivity contribution in [2.45, 2.75) is 6.18 Å². The molecule has 0 aliphatic carbocycles. The Balaban J connectivity index is 2.29. The molecule has 0 amide bonds.